The fraction of sp³-hybridized carbons (Fsp3) is 0.222. The topological polar surface area (TPSA) is 15.4 Å². The summed E-state index contributed by atoms with van der Waals surface area (Å²) in [5.41, 5.74) is 4.69. The predicted octanol–water partition coefficient (Wildman–Crippen LogP) is 0.566. The zero-order valence-electron chi connectivity index (χ0n) is 12.5. The van der Waals surface area contributed by atoms with E-state index in [1.54, 1.807) is 0 Å². The van der Waals surface area contributed by atoms with Crippen LogP contribution in [0.4, 0.5) is 0 Å². The molecule has 0 amide bonds. The average molecular weight is 390 g/mol. The summed E-state index contributed by atoms with van der Waals surface area (Å²) in [4.78, 5) is 0. The van der Waals surface area contributed by atoms with Crippen molar-refractivity contribution in [1.29, 1.82) is 0 Å². The lowest BCUT2D eigenvalue weighted by molar-refractivity contribution is -0.499. The molecule has 0 aromatic heterocycles. The molecule has 0 atom stereocenters. The Morgan fingerprint density at radius 2 is 1.29 bits per heavy atom. The highest BCUT2D eigenvalue weighted by Crippen LogP contribution is 2.32. The summed E-state index contributed by atoms with van der Waals surface area (Å²) >= 11 is 0. The Morgan fingerprint density at radius 3 is 1.81 bits per heavy atom. The van der Waals surface area contributed by atoms with Gasteiger partial charge in [-0.2, -0.15) is 0 Å². The number of hydrazone groups is 1. The maximum Gasteiger partial charge on any atom is 0.227 e. The summed E-state index contributed by atoms with van der Waals surface area (Å²) in [5.74, 6) is 0. The van der Waals surface area contributed by atoms with Gasteiger partial charge in [-0.1, -0.05) is 53.2 Å². The van der Waals surface area contributed by atoms with Gasteiger partial charge in [0.2, 0.25) is 5.71 Å². The Balaban J connectivity index is 0.00000161. The number of nitrogens with zero attached hydrogens (tertiary/aromatic N) is 2. The van der Waals surface area contributed by atoms with E-state index in [0.717, 1.165) is 5.71 Å². The first kappa shape index (κ1) is 15.9. The molecule has 0 saturated carbocycles. The Labute approximate surface area is 143 Å². The van der Waals surface area contributed by atoms with Gasteiger partial charge in [-0.3, -0.25) is 0 Å². The van der Waals surface area contributed by atoms with Crippen LogP contribution < -0.4 is 24.0 Å². The molecule has 0 saturated heterocycles. The quantitative estimate of drug-likeness (QED) is 0.527. The van der Waals surface area contributed by atoms with Crippen molar-refractivity contribution in [3.8, 4) is 0 Å². The van der Waals surface area contributed by atoms with Gasteiger partial charge < -0.3 is 24.0 Å². The average Bonchev–Trinajstić information content (AvgIpc) is 2.70. The molecule has 0 aliphatic carbocycles. The molecule has 3 rings (SSSR count). The summed E-state index contributed by atoms with van der Waals surface area (Å²) in [7, 11) is 2.03. The molecule has 1 aliphatic heterocycles. The van der Waals surface area contributed by atoms with E-state index in [0.29, 0.717) is 0 Å². The third-order valence-electron chi connectivity index (χ3n) is 3.85. The van der Waals surface area contributed by atoms with Crippen LogP contribution in [0.25, 0.3) is 0 Å². The number of hydrogen-bond acceptors (Lipinski definition) is 1. The SMILES string of the molecule is C[N+]1=C(c2ccccc2)C(C)(C)C(c2ccccc2)=N1.[I-]. The van der Waals surface area contributed by atoms with Crippen molar-refractivity contribution in [1.82, 2.24) is 0 Å². The molecule has 0 fully saturated rings. The van der Waals surface area contributed by atoms with E-state index >= 15 is 0 Å². The second-order valence-electron chi connectivity index (χ2n) is 5.68. The number of rotatable bonds is 2. The molecule has 0 N–H and O–H groups in total. The standard InChI is InChI=1S/C18H19N2.HI/c1-18(2)16(14-10-6-4-7-11-14)19-20(3)17(18)15-12-8-5-9-13-15;/h4-13H,1-3H3;1H/q+1;/p-1. The van der Waals surface area contributed by atoms with E-state index in [4.69, 9.17) is 5.10 Å². The molecule has 0 radical (unpaired) electrons. The fourth-order valence-electron chi connectivity index (χ4n) is 3.00. The molecule has 1 aliphatic rings. The highest BCUT2D eigenvalue weighted by molar-refractivity contribution is 6.22. The van der Waals surface area contributed by atoms with Crippen LogP contribution in [0.3, 0.4) is 0 Å². The number of benzene rings is 2. The zero-order valence-corrected chi connectivity index (χ0v) is 14.7. The molecule has 2 aromatic carbocycles. The van der Waals surface area contributed by atoms with Gasteiger partial charge in [0.25, 0.3) is 0 Å². The lowest BCUT2D eigenvalue weighted by atomic mass is 9.77. The van der Waals surface area contributed by atoms with Gasteiger partial charge in [0.15, 0.2) is 7.05 Å². The molecule has 108 valence electrons. The number of halogens is 1. The van der Waals surface area contributed by atoms with E-state index < -0.39 is 0 Å². The third-order valence-corrected chi connectivity index (χ3v) is 3.85. The molecule has 2 nitrogen and oxygen atoms in total. The fourth-order valence-corrected chi connectivity index (χ4v) is 3.00. The second kappa shape index (κ2) is 6.10. The zero-order chi connectivity index (χ0) is 14.2. The van der Waals surface area contributed by atoms with E-state index in [9.17, 15) is 0 Å². The van der Waals surface area contributed by atoms with Crippen molar-refractivity contribution in [3.63, 3.8) is 0 Å². The van der Waals surface area contributed by atoms with Gasteiger partial charge in [0, 0.05) is 11.1 Å². The normalized spacial score (nSPS) is 16.4. The van der Waals surface area contributed by atoms with Gasteiger partial charge in [-0.15, -0.1) is 0 Å². The van der Waals surface area contributed by atoms with Gasteiger partial charge in [-0.25, -0.2) is 0 Å². The minimum Gasteiger partial charge on any atom is -1.00 e. The highest BCUT2D eigenvalue weighted by atomic mass is 127. The van der Waals surface area contributed by atoms with E-state index in [1.807, 2.05) is 23.9 Å². The van der Waals surface area contributed by atoms with Crippen LogP contribution in [0.1, 0.15) is 25.0 Å². The van der Waals surface area contributed by atoms with Gasteiger partial charge in [0.05, 0.1) is 0 Å². The van der Waals surface area contributed by atoms with Crippen molar-refractivity contribution in [2.75, 3.05) is 7.05 Å². The summed E-state index contributed by atoms with van der Waals surface area (Å²) in [6.45, 7) is 4.48. The Bertz CT molecular complexity index is 686. The predicted molar refractivity (Wildman–Crippen MR) is 83.5 cm³/mol. The molecule has 21 heavy (non-hydrogen) atoms. The Kier molecular flexibility index (Phi) is 4.61. The minimum absolute atomic E-state index is 0. The molecule has 0 unspecified atom stereocenters. The molecule has 0 spiro atoms. The van der Waals surface area contributed by atoms with Crippen LogP contribution in [0.2, 0.25) is 0 Å². The van der Waals surface area contributed by atoms with Crippen LogP contribution in [-0.4, -0.2) is 23.2 Å². The maximum absolute atomic E-state index is 4.78. The van der Waals surface area contributed by atoms with Crippen molar-refractivity contribution >= 4 is 11.4 Å². The second-order valence-corrected chi connectivity index (χ2v) is 5.68. The molecule has 1 heterocycles. The van der Waals surface area contributed by atoms with Crippen molar-refractivity contribution in [2.24, 2.45) is 10.5 Å². The first-order valence-corrected chi connectivity index (χ1v) is 6.92. The van der Waals surface area contributed by atoms with Gasteiger partial charge in [-0.05, 0) is 31.1 Å². The van der Waals surface area contributed by atoms with Gasteiger partial charge >= 0.3 is 0 Å². The highest BCUT2D eigenvalue weighted by Gasteiger charge is 2.45. The first-order valence-electron chi connectivity index (χ1n) is 6.92. The largest absolute Gasteiger partial charge is 1.00 e. The molecular weight excluding hydrogens is 371 g/mol. The summed E-state index contributed by atoms with van der Waals surface area (Å²) in [5, 5.41) is 4.78. The smallest absolute Gasteiger partial charge is 0.227 e. The maximum atomic E-state index is 4.78. The molecule has 0 bridgehead atoms. The number of hydrogen-bond donors (Lipinski definition) is 0. The molecular formula is C18H19IN2. The summed E-state index contributed by atoms with van der Waals surface area (Å²) < 4.78 is 2.01. The van der Waals surface area contributed by atoms with E-state index in [-0.39, 0.29) is 29.4 Å². The molecule has 3 heteroatoms. The summed E-state index contributed by atoms with van der Waals surface area (Å²) in [6, 6.07) is 20.9. The first-order chi connectivity index (χ1) is 9.60. The Hall–Kier alpha value is -1.49. The van der Waals surface area contributed by atoms with Crippen LogP contribution in [0.15, 0.2) is 65.8 Å². The van der Waals surface area contributed by atoms with Crippen LogP contribution in [0.5, 0.6) is 0 Å². The Morgan fingerprint density at radius 1 is 0.810 bits per heavy atom. The third kappa shape index (κ3) is 2.79. The van der Waals surface area contributed by atoms with Crippen LogP contribution in [0, 0.1) is 5.41 Å². The van der Waals surface area contributed by atoms with Crippen LogP contribution >= 0.6 is 0 Å². The minimum atomic E-state index is -0.0997. The van der Waals surface area contributed by atoms with Crippen LogP contribution in [-0.2, 0) is 0 Å². The van der Waals surface area contributed by atoms with Crippen molar-refractivity contribution < 1.29 is 28.7 Å². The van der Waals surface area contributed by atoms with E-state index in [1.165, 1.54) is 16.8 Å². The molecule has 2 aromatic rings. The summed E-state index contributed by atoms with van der Waals surface area (Å²) in [6.07, 6.45) is 0. The van der Waals surface area contributed by atoms with E-state index in [2.05, 4.69) is 62.4 Å². The lowest BCUT2D eigenvalue weighted by Crippen LogP contribution is -3.00. The van der Waals surface area contributed by atoms with Crippen molar-refractivity contribution in [2.45, 2.75) is 13.8 Å². The lowest BCUT2D eigenvalue weighted by Gasteiger charge is -2.18. The van der Waals surface area contributed by atoms with Gasteiger partial charge in [0.1, 0.15) is 11.1 Å². The van der Waals surface area contributed by atoms with Crippen molar-refractivity contribution in [3.05, 3.63) is 71.8 Å². The monoisotopic (exact) mass is 390 g/mol.